The van der Waals surface area contributed by atoms with Crippen LogP contribution < -0.4 is 16.0 Å². The number of carbonyl (C=O) groups excluding carboxylic acids is 2. The van der Waals surface area contributed by atoms with Crippen LogP contribution in [-0.4, -0.2) is 55.9 Å². The van der Waals surface area contributed by atoms with E-state index in [0.29, 0.717) is 19.6 Å². The van der Waals surface area contributed by atoms with Crippen molar-refractivity contribution in [3.8, 4) is 0 Å². The lowest BCUT2D eigenvalue weighted by Crippen LogP contribution is -2.43. The van der Waals surface area contributed by atoms with Crippen LogP contribution in [0.2, 0.25) is 0 Å². The third-order valence-electron chi connectivity index (χ3n) is 2.65. The molecule has 0 radical (unpaired) electrons. The number of amides is 3. The Morgan fingerprint density at radius 2 is 1.85 bits per heavy atom. The van der Waals surface area contributed by atoms with Gasteiger partial charge < -0.3 is 25.8 Å². The molecule has 8 heteroatoms. The predicted octanol–water partition coefficient (Wildman–Crippen LogP) is -0.697. The molecule has 1 rings (SSSR count). The molecule has 0 heterocycles. The standard InChI is InChI=1S/C12H21N3O5/c16-10(14-7-11(17)18)6-15-12(19)13-4-1-5-20-8-9-2-3-9/h9H,1-8H2,(H,14,16)(H,17,18)(H2,13,15,19). The lowest BCUT2D eigenvalue weighted by atomic mass is 10.4. The highest BCUT2D eigenvalue weighted by Gasteiger charge is 2.20. The highest BCUT2D eigenvalue weighted by molar-refractivity contribution is 5.86. The van der Waals surface area contributed by atoms with E-state index in [-0.39, 0.29) is 6.54 Å². The van der Waals surface area contributed by atoms with Gasteiger partial charge in [0.15, 0.2) is 0 Å². The Bertz CT molecular complexity index is 344. The van der Waals surface area contributed by atoms with E-state index in [4.69, 9.17) is 9.84 Å². The van der Waals surface area contributed by atoms with E-state index in [1.807, 2.05) is 0 Å². The Morgan fingerprint density at radius 3 is 2.50 bits per heavy atom. The molecule has 0 aromatic carbocycles. The van der Waals surface area contributed by atoms with Crippen LogP contribution >= 0.6 is 0 Å². The van der Waals surface area contributed by atoms with Crippen molar-refractivity contribution >= 4 is 17.9 Å². The van der Waals surface area contributed by atoms with E-state index >= 15 is 0 Å². The maximum absolute atomic E-state index is 11.3. The van der Waals surface area contributed by atoms with Crippen molar-refractivity contribution in [3.05, 3.63) is 0 Å². The molecule has 3 amide bonds. The summed E-state index contributed by atoms with van der Waals surface area (Å²) in [6.07, 6.45) is 3.22. The Labute approximate surface area is 117 Å². The second kappa shape index (κ2) is 9.13. The Morgan fingerprint density at radius 1 is 1.10 bits per heavy atom. The molecule has 4 N–H and O–H groups in total. The lowest BCUT2D eigenvalue weighted by Gasteiger charge is -2.07. The molecule has 0 bridgehead atoms. The zero-order chi connectivity index (χ0) is 14.8. The molecule has 0 aliphatic heterocycles. The molecule has 20 heavy (non-hydrogen) atoms. The first-order valence-electron chi connectivity index (χ1n) is 6.66. The molecular weight excluding hydrogens is 266 g/mol. The summed E-state index contributed by atoms with van der Waals surface area (Å²) in [4.78, 5) is 32.6. The quantitative estimate of drug-likeness (QED) is 0.397. The Hall–Kier alpha value is -1.83. The molecule has 114 valence electrons. The van der Waals surface area contributed by atoms with E-state index in [0.717, 1.165) is 12.5 Å². The first-order valence-corrected chi connectivity index (χ1v) is 6.66. The normalized spacial score (nSPS) is 13.6. The van der Waals surface area contributed by atoms with Crippen LogP contribution in [0.15, 0.2) is 0 Å². The molecule has 0 unspecified atom stereocenters. The summed E-state index contributed by atoms with van der Waals surface area (Å²) in [7, 11) is 0. The van der Waals surface area contributed by atoms with Crippen LogP contribution in [0.3, 0.4) is 0 Å². The molecule has 1 aliphatic carbocycles. The Kier molecular flexibility index (Phi) is 7.41. The fourth-order valence-electron chi connectivity index (χ4n) is 1.37. The summed E-state index contributed by atoms with van der Waals surface area (Å²) in [6, 6.07) is -0.460. The van der Waals surface area contributed by atoms with Gasteiger partial charge in [0.2, 0.25) is 5.91 Å². The summed E-state index contributed by atoms with van der Waals surface area (Å²) in [5.41, 5.74) is 0. The van der Waals surface area contributed by atoms with Gasteiger partial charge in [-0.25, -0.2) is 4.79 Å². The molecule has 0 atom stereocenters. The summed E-state index contributed by atoms with van der Waals surface area (Å²) >= 11 is 0. The van der Waals surface area contributed by atoms with Gasteiger partial charge in [0, 0.05) is 19.8 Å². The number of hydrogen-bond acceptors (Lipinski definition) is 4. The van der Waals surface area contributed by atoms with E-state index in [1.165, 1.54) is 12.8 Å². The van der Waals surface area contributed by atoms with Gasteiger partial charge in [-0.2, -0.15) is 0 Å². The van der Waals surface area contributed by atoms with Crippen molar-refractivity contribution in [1.82, 2.24) is 16.0 Å². The van der Waals surface area contributed by atoms with Crippen LogP contribution in [-0.2, 0) is 14.3 Å². The van der Waals surface area contributed by atoms with Crippen LogP contribution in [0.1, 0.15) is 19.3 Å². The Balaban J connectivity index is 1.88. The third-order valence-corrected chi connectivity index (χ3v) is 2.65. The molecule has 0 spiro atoms. The summed E-state index contributed by atoms with van der Waals surface area (Å²) in [5, 5.41) is 15.4. The van der Waals surface area contributed by atoms with Gasteiger partial charge in [0.05, 0.1) is 6.54 Å². The second-order valence-electron chi connectivity index (χ2n) is 4.65. The van der Waals surface area contributed by atoms with E-state index < -0.39 is 24.5 Å². The van der Waals surface area contributed by atoms with Crippen molar-refractivity contribution < 1.29 is 24.2 Å². The fraction of sp³-hybridized carbons (Fsp3) is 0.750. The number of rotatable bonds is 10. The minimum atomic E-state index is -1.13. The van der Waals surface area contributed by atoms with E-state index in [1.54, 1.807) is 0 Å². The maximum Gasteiger partial charge on any atom is 0.322 e. The van der Waals surface area contributed by atoms with Gasteiger partial charge in [-0.05, 0) is 25.2 Å². The average molecular weight is 287 g/mol. The van der Waals surface area contributed by atoms with Crippen molar-refractivity contribution in [1.29, 1.82) is 0 Å². The van der Waals surface area contributed by atoms with Gasteiger partial charge in [0.1, 0.15) is 6.54 Å². The van der Waals surface area contributed by atoms with Crippen LogP contribution in [0.5, 0.6) is 0 Å². The number of urea groups is 1. The minimum Gasteiger partial charge on any atom is -0.480 e. The van der Waals surface area contributed by atoms with Crippen LogP contribution in [0.25, 0.3) is 0 Å². The van der Waals surface area contributed by atoms with Crippen LogP contribution in [0, 0.1) is 5.92 Å². The molecular formula is C12H21N3O5. The zero-order valence-corrected chi connectivity index (χ0v) is 11.3. The van der Waals surface area contributed by atoms with Gasteiger partial charge in [-0.3, -0.25) is 9.59 Å². The highest BCUT2D eigenvalue weighted by Crippen LogP contribution is 2.28. The molecule has 8 nitrogen and oxygen atoms in total. The molecule has 1 fully saturated rings. The SMILES string of the molecule is O=C(O)CNC(=O)CNC(=O)NCCCOCC1CC1. The van der Waals surface area contributed by atoms with Gasteiger partial charge >= 0.3 is 12.0 Å². The fourth-order valence-corrected chi connectivity index (χ4v) is 1.37. The molecule has 1 saturated carbocycles. The average Bonchev–Trinajstić information content (AvgIpc) is 3.22. The molecule has 0 aromatic heterocycles. The largest absolute Gasteiger partial charge is 0.480 e. The molecule has 0 aromatic rings. The number of carboxylic acid groups (broad SMARTS) is 1. The zero-order valence-electron chi connectivity index (χ0n) is 11.3. The van der Waals surface area contributed by atoms with E-state index in [9.17, 15) is 14.4 Å². The third kappa shape index (κ3) is 9.15. The monoisotopic (exact) mass is 287 g/mol. The molecule has 0 saturated heterocycles. The first kappa shape index (κ1) is 16.2. The smallest absolute Gasteiger partial charge is 0.322 e. The van der Waals surface area contributed by atoms with Crippen LogP contribution in [0.4, 0.5) is 4.79 Å². The number of hydrogen-bond donors (Lipinski definition) is 4. The number of ether oxygens (including phenoxy) is 1. The van der Waals surface area contributed by atoms with Gasteiger partial charge in [-0.15, -0.1) is 0 Å². The van der Waals surface area contributed by atoms with Gasteiger partial charge in [-0.1, -0.05) is 0 Å². The summed E-state index contributed by atoms with van der Waals surface area (Å²) in [6.45, 7) is 1.16. The first-order chi connectivity index (χ1) is 9.58. The number of aliphatic carboxylic acids is 1. The van der Waals surface area contributed by atoms with Crippen molar-refractivity contribution in [2.75, 3.05) is 32.8 Å². The minimum absolute atomic E-state index is 0.253. The van der Waals surface area contributed by atoms with Crippen molar-refractivity contribution in [3.63, 3.8) is 0 Å². The topological polar surface area (TPSA) is 117 Å². The highest BCUT2D eigenvalue weighted by atomic mass is 16.5. The second-order valence-corrected chi connectivity index (χ2v) is 4.65. The van der Waals surface area contributed by atoms with E-state index in [2.05, 4.69) is 16.0 Å². The maximum atomic E-state index is 11.3. The summed E-state index contributed by atoms with van der Waals surface area (Å²) in [5.74, 6) is -0.945. The number of carbonyl (C=O) groups is 3. The van der Waals surface area contributed by atoms with Crippen molar-refractivity contribution in [2.24, 2.45) is 5.92 Å². The van der Waals surface area contributed by atoms with Gasteiger partial charge in [0.25, 0.3) is 0 Å². The number of carboxylic acids is 1. The summed E-state index contributed by atoms with van der Waals surface area (Å²) < 4.78 is 5.40. The molecule has 1 aliphatic rings. The van der Waals surface area contributed by atoms with Crippen molar-refractivity contribution in [2.45, 2.75) is 19.3 Å². The predicted molar refractivity (Wildman–Crippen MR) is 70.2 cm³/mol. The lowest BCUT2D eigenvalue weighted by molar-refractivity contribution is -0.137. The number of nitrogens with one attached hydrogen (secondary N) is 3.